The van der Waals surface area contributed by atoms with Crippen LogP contribution in [0, 0.1) is 5.82 Å². The Kier molecular flexibility index (Phi) is 6.49. The number of hydrogen-bond acceptors (Lipinski definition) is 3. The summed E-state index contributed by atoms with van der Waals surface area (Å²) in [7, 11) is 1.79. The van der Waals surface area contributed by atoms with E-state index in [-0.39, 0.29) is 18.2 Å². The van der Waals surface area contributed by atoms with Crippen LogP contribution in [0.2, 0.25) is 0 Å². The third-order valence-electron chi connectivity index (χ3n) is 3.45. The number of alkyl halides is 3. The third-order valence-corrected chi connectivity index (χ3v) is 4.27. The van der Waals surface area contributed by atoms with Crippen molar-refractivity contribution in [2.75, 3.05) is 25.6 Å². The van der Waals surface area contributed by atoms with Crippen molar-refractivity contribution in [3.63, 3.8) is 0 Å². The summed E-state index contributed by atoms with van der Waals surface area (Å²) in [5, 5.41) is 0. The molecule has 0 heterocycles. The van der Waals surface area contributed by atoms with E-state index < -0.39 is 23.6 Å². The van der Waals surface area contributed by atoms with E-state index in [1.807, 2.05) is 18.1 Å². The van der Waals surface area contributed by atoms with Crippen LogP contribution in [0.4, 0.5) is 17.6 Å². The normalized spacial score (nSPS) is 15.3. The van der Waals surface area contributed by atoms with Crippen molar-refractivity contribution >= 4 is 11.8 Å². The van der Waals surface area contributed by atoms with E-state index >= 15 is 0 Å². The molecule has 1 aromatic rings. The third kappa shape index (κ3) is 4.86. The van der Waals surface area contributed by atoms with Gasteiger partial charge in [-0.2, -0.15) is 24.9 Å². The molecule has 0 aliphatic heterocycles. The van der Waals surface area contributed by atoms with Crippen molar-refractivity contribution in [1.29, 1.82) is 0 Å². The molecule has 1 rings (SSSR count). The van der Waals surface area contributed by atoms with Gasteiger partial charge in [0.25, 0.3) is 0 Å². The van der Waals surface area contributed by atoms with Crippen LogP contribution < -0.4 is 5.73 Å². The molecule has 120 valence electrons. The molecule has 1 aromatic carbocycles. The minimum atomic E-state index is -4.57. The summed E-state index contributed by atoms with van der Waals surface area (Å²) in [6, 6.07) is 2.26. The van der Waals surface area contributed by atoms with Crippen LogP contribution in [0.3, 0.4) is 0 Å². The molecule has 7 heteroatoms. The van der Waals surface area contributed by atoms with E-state index in [0.717, 1.165) is 17.9 Å². The molecule has 0 saturated heterocycles. The van der Waals surface area contributed by atoms with Crippen LogP contribution in [0.1, 0.15) is 24.1 Å². The van der Waals surface area contributed by atoms with E-state index in [1.165, 1.54) is 0 Å². The fourth-order valence-corrected chi connectivity index (χ4v) is 2.89. The van der Waals surface area contributed by atoms with E-state index in [4.69, 9.17) is 5.73 Å². The molecule has 0 fully saturated rings. The highest BCUT2D eigenvalue weighted by Crippen LogP contribution is 2.33. The number of rotatable bonds is 6. The van der Waals surface area contributed by atoms with Crippen LogP contribution in [-0.2, 0) is 6.18 Å². The standard InChI is InChI=1S/C14H20F4N2S/c1-9(8-21-3)20(2)13(7-19)10-4-11(14(16,17)18)6-12(15)5-10/h4-6,9,13H,7-8,19H2,1-3H3. The summed E-state index contributed by atoms with van der Waals surface area (Å²) < 4.78 is 51.8. The average Bonchev–Trinajstić information content (AvgIpc) is 2.38. The largest absolute Gasteiger partial charge is 0.416 e. The van der Waals surface area contributed by atoms with Gasteiger partial charge in [-0.25, -0.2) is 4.39 Å². The summed E-state index contributed by atoms with van der Waals surface area (Å²) in [5.74, 6) is -0.0850. The fourth-order valence-electron chi connectivity index (χ4n) is 2.17. The van der Waals surface area contributed by atoms with Crippen molar-refractivity contribution in [3.05, 3.63) is 35.1 Å². The molecule has 0 spiro atoms. The zero-order valence-corrected chi connectivity index (χ0v) is 13.1. The van der Waals surface area contributed by atoms with Crippen LogP contribution in [0.5, 0.6) is 0 Å². The molecule has 0 bridgehead atoms. The van der Waals surface area contributed by atoms with Gasteiger partial charge >= 0.3 is 6.18 Å². The summed E-state index contributed by atoms with van der Waals surface area (Å²) in [6.45, 7) is 2.08. The van der Waals surface area contributed by atoms with Gasteiger partial charge in [0.2, 0.25) is 0 Å². The lowest BCUT2D eigenvalue weighted by atomic mass is 10.0. The van der Waals surface area contributed by atoms with Gasteiger partial charge in [0.15, 0.2) is 0 Å². The molecule has 0 saturated carbocycles. The molecule has 0 aliphatic rings. The Morgan fingerprint density at radius 1 is 1.29 bits per heavy atom. The number of likely N-dealkylation sites (N-methyl/N-ethyl adjacent to an activating group) is 1. The maximum Gasteiger partial charge on any atom is 0.416 e. The molecular weight excluding hydrogens is 304 g/mol. The first-order valence-corrected chi connectivity index (χ1v) is 7.88. The van der Waals surface area contributed by atoms with Crippen LogP contribution in [0.25, 0.3) is 0 Å². The van der Waals surface area contributed by atoms with Crippen molar-refractivity contribution in [3.8, 4) is 0 Å². The molecule has 21 heavy (non-hydrogen) atoms. The van der Waals surface area contributed by atoms with Gasteiger partial charge in [-0.1, -0.05) is 0 Å². The molecule has 0 amide bonds. The van der Waals surface area contributed by atoms with E-state index in [2.05, 4.69) is 0 Å². The fraction of sp³-hybridized carbons (Fsp3) is 0.571. The number of thioether (sulfide) groups is 1. The number of benzene rings is 1. The summed E-state index contributed by atoms with van der Waals surface area (Å²) in [5.41, 5.74) is 4.96. The quantitative estimate of drug-likeness (QED) is 0.812. The van der Waals surface area contributed by atoms with Crippen molar-refractivity contribution in [2.24, 2.45) is 5.73 Å². The molecule has 2 atom stereocenters. The Bertz CT molecular complexity index is 465. The highest BCUT2D eigenvalue weighted by atomic mass is 32.2. The first kappa shape index (κ1) is 18.3. The van der Waals surface area contributed by atoms with Crippen LogP contribution >= 0.6 is 11.8 Å². The first-order valence-electron chi connectivity index (χ1n) is 6.49. The van der Waals surface area contributed by atoms with Gasteiger partial charge < -0.3 is 5.73 Å². The molecule has 0 aromatic heterocycles. The maximum atomic E-state index is 13.5. The molecular formula is C14H20F4N2S. The topological polar surface area (TPSA) is 29.3 Å². The van der Waals surface area contributed by atoms with Gasteiger partial charge in [0, 0.05) is 24.4 Å². The van der Waals surface area contributed by atoms with Gasteiger partial charge in [0.1, 0.15) is 5.82 Å². The lowest BCUT2D eigenvalue weighted by molar-refractivity contribution is -0.137. The lowest BCUT2D eigenvalue weighted by Gasteiger charge is -2.32. The number of hydrogen-bond donors (Lipinski definition) is 1. The Balaban J connectivity index is 3.14. The highest BCUT2D eigenvalue weighted by Gasteiger charge is 2.32. The second-order valence-corrected chi connectivity index (χ2v) is 5.90. The minimum absolute atomic E-state index is 0.117. The van der Waals surface area contributed by atoms with Crippen molar-refractivity contribution in [2.45, 2.75) is 25.2 Å². The van der Waals surface area contributed by atoms with E-state index in [1.54, 1.807) is 18.8 Å². The summed E-state index contributed by atoms with van der Waals surface area (Å²) in [4.78, 5) is 1.88. The van der Waals surface area contributed by atoms with Crippen molar-refractivity contribution < 1.29 is 17.6 Å². The van der Waals surface area contributed by atoms with Gasteiger partial charge in [0.05, 0.1) is 5.56 Å². The Hall–Kier alpha value is -0.790. The highest BCUT2D eigenvalue weighted by molar-refractivity contribution is 7.98. The Labute approximate surface area is 126 Å². The van der Waals surface area contributed by atoms with Crippen LogP contribution in [-0.4, -0.2) is 36.5 Å². The SMILES string of the molecule is CSCC(C)N(C)C(CN)c1cc(F)cc(C(F)(F)F)c1. The van der Waals surface area contributed by atoms with E-state index in [9.17, 15) is 17.6 Å². The van der Waals surface area contributed by atoms with Gasteiger partial charge in [-0.3, -0.25) is 4.90 Å². The summed E-state index contributed by atoms with van der Waals surface area (Å²) in [6.07, 6.45) is -2.62. The minimum Gasteiger partial charge on any atom is -0.329 e. The monoisotopic (exact) mass is 324 g/mol. The lowest BCUT2D eigenvalue weighted by Crippen LogP contribution is -2.38. The van der Waals surface area contributed by atoms with Crippen LogP contribution in [0.15, 0.2) is 18.2 Å². The average molecular weight is 324 g/mol. The molecule has 2 N–H and O–H groups in total. The Morgan fingerprint density at radius 2 is 1.90 bits per heavy atom. The van der Waals surface area contributed by atoms with Gasteiger partial charge in [-0.15, -0.1) is 0 Å². The Morgan fingerprint density at radius 3 is 2.38 bits per heavy atom. The molecule has 0 aliphatic carbocycles. The number of halogens is 4. The predicted octanol–water partition coefficient (Wildman–Crippen LogP) is 3.53. The number of nitrogens with two attached hydrogens (primary N) is 1. The van der Waals surface area contributed by atoms with E-state index in [0.29, 0.717) is 6.07 Å². The molecule has 2 unspecified atom stereocenters. The molecule has 2 nitrogen and oxygen atoms in total. The first-order chi connectivity index (χ1) is 9.70. The van der Waals surface area contributed by atoms with Gasteiger partial charge in [-0.05, 0) is 44.0 Å². The summed E-state index contributed by atoms with van der Waals surface area (Å²) >= 11 is 1.64. The second-order valence-electron chi connectivity index (χ2n) is 4.99. The number of nitrogens with zero attached hydrogens (tertiary/aromatic N) is 1. The molecule has 0 radical (unpaired) electrons. The smallest absolute Gasteiger partial charge is 0.329 e. The zero-order valence-electron chi connectivity index (χ0n) is 12.2. The second kappa shape index (κ2) is 7.47. The van der Waals surface area contributed by atoms with Crippen molar-refractivity contribution in [1.82, 2.24) is 4.90 Å². The maximum absolute atomic E-state index is 13.5. The predicted molar refractivity (Wildman–Crippen MR) is 78.8 cm³/mol. The zero-order chi connectivity index (χ0) is 16.2.